The Bertz CT molecular complexity index is 365. The number of carbonyl (C=O) groups excluding carboxylic acids is 3. The minimum atomic E-state index is -1.00. The van der Waals surface area contributed by atoms with Crippen molar-refractivity contribution in [2.75, 3.05) is 6.61 Å². The molecular formula is C11H14O5. The van der Waals surface area contributed by atoms with Crippen molar-refractivity contribution in [2.24, 2.45) is 5.92 Å². The van der Waals surface area contributed by atoms with Gasteiger partial charge in [0.2, 0.25) is 0 Å². The second kappa shape index (κ2) is 4.92. The number of Topliss-reactive ketones (excluding diaryl/α,β-unsaturated/α-hetero) is 1. The van der Waals surface area contributed by atoms with Crippen LogP contribution in [0.15, 0.2) is 11.3 Å². The summed E-state index contributed by atoms with van der Waals surface area (Å²) in [7, 11) is 0. The third kappa shape index (κ3) is 2.48. The summed E-state index contributed by atoms with van der Waals surface area (Å²) in [6, 6.07) is 0. The molecule has 5 nitrogen and oxygen atoms in total. The number of rotatable bonds is 4. The lowest BCUT2D eigenvalue weighted by molar-refractivity contribution is -0.148. The maximum Gasteiger partial charge on any atom is 0.385 e. The number of ketones is 1. The predicted octanol–water partition coefficient (Wildman–Crippen LogP) is 0.976. The summed E-state index contributed by atoms with van der Waals surface area (Å²) in [5.41, 5.74) is -0.249. The van der Waals surface area contributed by atoms with Crippen LogP contribution in [0.1, 0.15) is 27.2 Å². The highest BCUT2D eigenvalue weighted by Gasteiger charge is 2.39. The van der Waals surface area contributed by atoms with Crippen LogP contribution in [-0.4, -0.2) is 24.3 Å². The first-order chi connectivity index (χ1) is 7.47. The Balaban J connectivity index is 2.98. The number of carbonyl (C=O) groups is 3. The van der Waals surface area contributed by atoms with E-state index in [0.717, 1.165) is 0 Å². The van der Waals surface area contributed by atoms with Crippen molar-refractivity contribution >= 4 is 17.7 Å². The molecule has 0 saturated carbocycles. The van der Waals surface area contributed by atoms with Crippen molar-refractivity contribution in [2.45, 2.75) is 27.2 Å². The normalized spacial score (nSPS) is 15.8. The minimum Gasteiger partial charge on any atom is -0.462 e. The van der Waals surface area contributed by atoms with Gasteiger partial charge in [-0.3, -0.25) is 4.79 Å². The predicted molar refractivity (Wildman–Crippen MR) is 54.2 cm³/mol. The van der Waals surface area contributed by atoms with Gasteiger partial charge in [-0.15, -0.1) is 0 Å². The average molecular weight is 226 g/mol. The SMILES string of the molecule is CCOC(=O)C1=C(CC(C)C)OC(=O)C1=O. The molecule has 0 aliphatic carbocycles. The van der Waals surface area contributed by atoms with E-state index in [1.807, 2.05) is 13.8 Å². The zero-order valence-corrected chi connectivity index (χ0v) is 9.53. The first-order valence-corrected chi connectivity index (χ1v) is 5.14. The number of hydrogen-bond donors (Lipinski definition) is 0. The fourth-order valence-corrected chi connectivity index (χ4v) is 1.36. The first kappa shape index (κ1) is 12.4. The Morgan fingerprint density at radius 2 is 2.00 bits per heavy atom. The van der Waals surface area contributed by atoms with Gasteiger partial charge in [0.05, 0.1) is 6.61 Å². The summed E-state index contributed by atoms with van der Waals surface area (Å²) in [6.45, 7) is 5.57. The third-order valence-electron chi connectivity index (χ3n) is 1.98. The van der Waals surface area contributed by atoms with Gasteiger partial charge in [0.25, 0.3) is 5.78 Å². The standard InChI is InChI=1S/C11H14O5/c1-4-15-10(13)8-7(5-6(2)3)16-11(14)9(8)12/h6H,4-5H2,1-3H3. The van der Waals surface area contributed by atoms with Crippen molar-refractivity contribution in [1.82, 2.24) is 0 Å². The third-order valence-corrected chi connectivity index (χ3v) is 1.98. The number of esters is 2. The van der Waals surface area contributed by atoms with E-state index in [1.165, 1.54) is 0 Å². The lowest BCUT2D eigenvalue weighted by Gasteiger charge is -2.06. The lowest BCUT2D eigenvalue weighted by atomic mass is 10.0. The van der Waals surface area contributed by atoms with E-state index >= 15 is 0 Å². The van der Waals surface area contributed by atoms with Crippen LogP contribution >= 0.6 is 0 Å². The number of cyclic esters (lactones) is 1. The molecule has 0 atom stereocenters. The number of ether oxygens (including phenoxy) is 2. The van der Waals surface area contributed by atoms with Crippen molar-refractivity contribution in [1.29, 1.82) is 0 Å². The van der Waals surface area contributed by atoms with Gasteiger partial charge in [-0.25, -0.2) is 9.59 Å². The zero-order valence-electron chi connectivity index (χ0n) is 9.53. The lowest BCUT2D eigenvalue weighted by Crippen LogP contribution is -2.18. The van der Waals surface area contributed by atoms with Gasteiger partial charge in [0, 0.05) is 6.42 Å². The number of allylic oxidation sites excluding steroid dienone is 1. The summed E-state index contributed by atoms with van der Waals surface area (Å²) >= 11 is 0. The summed E-state index contributed by atoms with van der Waals surface area (Å²) in [5, 5.41) is 0. The Hall–Kier alpha value is -1.65. The van der Waals surface area contributed by atoms with Crippen LogP contribution in [0.3, 0.4) is 0 Å². The molecule has 1 rings (SSSR count). The fourth-order valence-electron chi connectivity index (χ4n) is 1.36. The molecule has 0 aromatic carbocycles. The summed E-state index contributed by atoms with van der Waals surface area (Å²) < 4.78 is 9.46. The molecule has 0 aromatic heterocycles. The van der Waals surface area contributed by atoms with Crippen LogP contribution < -0.4 is 0 Å². The van der Waals surface area contributed by atoms with Gasteiger partial charge in [-0.2, -0.15) is 0 Å². The van der Waals surface area contributed by atoms with Gasteiger partial charge in [0.1, 0.15) is 5.76 Å². The quantitative estimate of drug-likeness (QED) is 0.406. The van der Waals surface area contributed by atoms with E-state index < -0.39 is 17.7 Å². The van der Waals surface area contributed by atoms with Crippen LogP contribution in [-0.2, 0) is 23.9 Å². The molecule has 0 N–H and O–H groups in total. The minimum absolute atomic E-state index is 0.128. The second-order valence-corrected chi connectivity index (χ2v) is 3.84. The monoisotopic (exact) mass is 226 g/mol. The van der Waals surface area contributed by atoms with E-state index in [-0.39, 0.29) is 23.9 Å². The molecule has 0 bridgehead atoms. The Kier molecular flexibility index (Phi) is 3.82. The Morgan fingerprint density at radius 3 is 2.50 bits per heavy atom. The zero-order chi connectivity index (χ0) is 12.3. The Morgan fingerprint density at radius 1 is 1.38 bits per heavy atom. The molecule has 1 aliphatic rings. The van der Waals surface area contributed by atoms with E-state index in [2.05, 4.69) is 0 Å². The molecule has 0 saturated heterocycles. The van der Waals surface area contributed by atoms with Crippen molar-refractivity contribution in [3.8, 4) is 0 Å². The fraction of sp³-hybridized carbons (Fsp3) is 0.545. The molecule has 88 valence electrons. The molecule has 0 spiro atoms. The van der Waals surface area contributed by atoms with E-state index in [9.17, 15) is 14.4 Å². The highest BCUT2D eigenvalue weighted by atomic mass is 16.6. The maximum atomic E-state index is 11.5. The summed E-state index contributed by atoms with van der Waals surface area (Å²) in [5.74, 6) is -2.39. The molecular weight excluding hydrogens is 212 g/mol. The largest absolute Gasteiger partial charge is 0.462 e. The molecule has 0 fully saturated rings. The van der Waals surface area contributed by atoms with Gasteiger partial charge < -0.3 is 9.47 Å². The van der Waals surface area contributed by atoms with Crippen LogP contribution in [0.25, 0.3) is 0 Å². The van der Waals surface area contributed by atoms with E-state index in [4.69, 9.17) is 9.47 Å². The maximum absolute atomic E-state index is 11.5. The topological polar surface area (TPSA) is 69.7 Å². The smallest absolute Gasteiger partial charge is 0.385 e. The van der Waals surface area contributed by atoms with Crippen LogP contribution in [0.4, 0.5) is 0 Å². The van der Waals surface area contributed by atoms with Gasteiger partial charge in [0.15, 0.2) is 5.57 Å². The molecule has 1 aliphatic heterocycles. The molecule has 1 heterocycles. The molecule has 0 aromatic rings. The summed E-state index contributed by atoms with van der Waals surface area (Å²) in [6.07, 6.45) is 0.367. The van der Waals surface area contributed by atoms with Crippen LogP contribution in [0.2, 0.25) is 0 Å². The van der Waals surface area contributed by atoms with Crippen molar-refractivity contribution in [3.63, 3.8) is 0 Å². The van der Waals surface area contributed by atoms with Crippen LogP contribution in [0.5, 0.6) is 0 Å². The molecule has 0 amide bonds. The molecule has 5 heteroatoms. The molecule has 0 unspecified atom stereocenters. The van der Waals surface area contributed by atoms with Crippen molar-refractivity contribution < 1.29 is 23.9 Å². The molecule has 16 heavy (non-hydrogen) atoms. The van der Waals surface area contributed by atoms with Gasteiger partial charge >= 0.3 is 11.9 Å². The van der Waals surface area contributed by atoms with Gasteiger partial charge in [-0.05, 0) is 12.8 Å². The first-order valence-electron chi connectivity index (χ1n) is 5.14. The molecule has 0 radical (unpaired) electrons. The highest BCUT2D eigenvalue weighted by molar-refractivity contribution is 6.48. The number of hydrogen-bond acceptors (Lipinski definition) is 5. The average Bonchev–Trinajstić information content (AvgIpc) is 2.41. The summed E-state index contributed by atoms with van der Waals surface area (Å²) in [4.78, 5) is 33.9. The van der Waals surface area contributed by atoms with Crippen molar-refractivity contribution in [3.05, 3.63) is 11.3 Å². The van der Waals surface area contributed by atoms with E-state index in [1.54, 1.807) is 6.92 Å². The van der Waals surface area contributed by atoms with E-state index in [0.29, 0.717) is 6.42 Å². The highest BCUT2D eigenvalue weighted by Crippen LogP contribution is 2.24. The second-order valence-electron chi connectivity index (χ2n) is 3.84. The van der Waals surface area contributed by atoms with Crippen LogP contribution in [0, 0.1) is 5.92 Å². The Labute approximate surface area is 93.4 Å². The van der Waals surface area contributed by atoms with Gasteiger partial charge in [-0.1, -0.05) is 13.8 Å².